The summed E-state index contributed by atoms with van der Waals surface area (Å²) in [6.45, 7) is 7.40. The number of carbonyl (C=O) groups excluding carboxylic acids is 2. The van der Waals surface area contributed by atoms with Gasteiger partial charge >= 0.3 is 0 Å². The number of benzene rings is 1. The molecule has 3 unspecified atom stereocenters. The van der Waals surface area contributed by atoms with E-state index in [1.54, 1.807) is 25.1 Å². The highest BCUT2D eigenvalue weighted by molar-refractivity contribution is 9.10. The average molecular weight is 387 g/mol. The number of aromatic hydroxyl groups is 1. The maximum absolute atomic E-state index is 13.1. The first-order chi connectivity index (χ1) is 11.3. The minimum absolute atomic E-state index is 0.0200. The van der Waals surface area contributed by atoms with Crippen LogP contribution in [0.3, 0.4) is 0 Å². The topological polar surface area (TPSA) is 54.4 Å². The summed E-state index contributed by atoms with van der Waals surface area (Å²) in [6.07, 6.45) is 5.65. The van der Waals surface area contributed by atoms with Crippen LogP contribution in [0.4, 0.5) is 0 Å². The predicted molar refractivity (Wildman–Crippen MR) is 96.8 cm³/mol. The Morgan fingerprint density at radius 2 is 2.08 bits per heavy atom. The van der Waals surface area contributed by atoms with Gasteiger partial charge in [0.05, 0.1) is 5.41 Å². The summed E-state index contributed by atoms with van der Waals surface area (Å²) in [4.78, 5) is 25.7. The predicted octanol–water partition coefficient (Wildman–Crippen LogP) is 4.48. The van der Waals surface area contributed by atoms with Crippen molar-refractivity contribution in [1.82, 2.24) is 0 Å². The van der Waals surface area contributed by atoms with E-state index in [2.05, 4.69) is 22.5 Å². The van der Waals surface area contributed by atoms with Crippen LogP contribution in [0.25, 0.3) is 0 Å². The summed E-state index contributed by atoms with van der Waals surface area (Å²) in [7, 11) is 0. The van der Waals surface area contributed by atoms with Crippen LogP contribution in [-0.2, 0) is 9.59 Å². The SMILES string of the molecule is C=CC1=CCC2C(=O)C=C(C)C(=O)C2(C)C1c1cc(Br)ccc1O. The number of hydrogen-bond acceptors (Lipinski definition) is 3. The summed E-state index contributed by atoms with van der Waals surface area (Å²) in [5, 5.41) is 10.4. The van der Waals surface area contributed by atoms with Gasteiger partial charge in [-0.3, -0.25) is 9.59 Å². The third kappa shape index (κ3) is 2.32. The Kier molecular flexibility index (Phi) is 4.12. The number of Topliss-reactive ketones (excluding diaryl/α,β-unsaturated/α-hetero) is 1. The normalized spacial score (nSPS) is 29.6. The van der Waals surface area contributed by atoms with E-state index in [-0.39, 0.29) is 17.3 Å². The first-order valence-electron chi connectivity index (χ1n) is 7.88. The van der Waals surface area contributed by atoms with Crippen LogP contribution in [0.5, 0.6) is 5.75 Å². The number of fused-ring (bicyclic) bond motifs is 1. The molecule has 24 heavy (non-hydrogen) atoms. The molecule has 3 nitrogen and oxygen atoms in total. The van der Waals surface area contributed by atoms with Crippen molar-refractivity contribution in [1.29, 1.82) is 0 Å². The number of phenols is 1. The Bertz CT molecular complexity index is 818. The van der Waals surface area contributed by atoms with Crippen molar-refractivity contribution in [3.63, 3.8) is 0 Å². The van der Waals surface area contributed by atoms with Gasteiger partial charge in [0.1, 0.15) is 5.75 Å². The smallest absolute Gasteiger partial charge is 0.166 e. The van der Waals surface area contributed by atoms with Gasteiger partial charge in [-0.15, -0.1) is 0 Å². The summed E-state index contributed by atoms with van der Waals surface area (Å²) in [6, 6.07) is 5.17. The molecule has 0 aromatic heterocycles. The number of halogens is 1. The molecule has 0 radical (unpaired) electrons. The van der Waals surface area contributed by atoms with Gasteiger partial charge in [-0.25, -0.2) is 0 Å². The molecule has 0 aliphatic heterocycles. The zero-order valence-electron chi connectivity index (χ0n) is 13.7. The molecule has 0 spiro atoms. The maximum atomic E-state index is 13.1. The largest absolute Gasteiger partial charge is 0.508 e. The van der Waals surface area contributed by atoms with E-state index in [9.17, 15) is 14.7 Å². The molecular weight excluding hydrogens is 368 g/mol. The van der Waals surface area contributed by atoms with Gasteiger partial charge in [-0.1, -0.05) is 41.6 Å². The van der Waals surface area contributed by atoms with Crippen LogP contribution in [0.1, 0.15) is 31.7 Å². The van der Waals surface area contributed by atoms with Crippen molar-refractivity contribution < 1.29 is 14.7 Å². The van der Waals surface area contributed by atoms with E-state index in [1.807, 2.05) is 19.1 Å². The van der Waals surface area contributed by atoms with E-state index >= 15 is 0 Å². The third-order valence-electron chi connectivity index (χ3n) is 5.33. The summed E-state index contributed by atoms with van der Waals surface area (Å²) in [5.41, 5.74) is 1.06. The molecule has 0 saturated heterocycles. The molecule has 2 aliphatic rings. The summed E-state index contributed by atoms with van der Waals surface area (Å²) < 4.78 is 0.811. The molecule has 4 heteroatoms. The maximum Gasteiger partial charge on any atom is 0.166 e. The molecule has 2 aliphatic carbocycles. The standard InChI is InChI=1S/C20H19BrO3/c1-4-12-5-7-15-17(23)9-11(2)19(24)20(15,3)18(12)14-10-13(21)6-8-16(14)22/h4-6,8-10,15,18,22H,1,7H2,2-3H3. The highest BCUT2D eigenvalue weighted by Crippen LogP contribution is 2.56. The molecule has 1 N–H and O–H groups in total. The quantitative estimate of drug-likeness (QED) is 0.815. The monoisotopic (exact) mass is 386 g/mol. The second kappa shape index (κ2) is 5.85. The minimum atomic E-state index is -0.924. The molecule has 3 atom stereocenters. The van der Waals surface area contributed by atoms with E-state index in [1.165, 1.54) is 6.08 Å². The van der Waals surface area contributed by atoms with Gasteiger partial charge in [0.2, 0.25) is 0 Å². The number of phenolic OH excluding ortho intramolecular Hbond substituents is 1. The Morgan fingerprint density at radius 3 is 2.75 bits per heavy atom. The van der Waals surface area contributed by atoms with Crippen molar-refractivity contribution in [3.8, 4) is 5.75 Å². The Balaban J connectivity index is 2.29. The second-order valence-electron chi connectivity index (χ2n) is 6.67. The first kappa shape index (κ1) is 16.9. The van der Waals surface area contributed by atoms with Crippen molar-refractivity contribution in [2.24, 2.45) is 11.3 Å². The highest BCUT2D eigenvalue weighted by Gasteiger charge is 2.55. The molecule has 0 amide bonds. The van der Waals surface area contributed by atoms with Crippen LogP contribution in [0.2, 0.25) is 0 Å². The fraction of sp³-hybridized carbons (Fsp3) is 0.300. The van der Waals surface area contributed by atoms with Crippen molar-refractivity contribution >= 4 is 27.5 Å². The Hall–Kier alpha value is -1.94. The Labute approximate surface area is 149 Å². The van der Waals surface area contributed by atoms with Crippen LogP contribution >= 0.6 is 15.9 Å². The van der Waals surface area contributed by atoms with Crippen LogP contribution in [-0.4, -0.2) is 16.7 Å². The average Bonchev–Trinajstić information content (AvgIpc) is 2.54. The van der Waals surface area contributed by atoms with E-state index in [0.29, 0.717) is 17.6 Å². The fourth-order valence-corrected chi connectivity index (χ4v) is 4.51. The zero-order valence-corrected chi connectivity index (χ0v) is 15.3. The van der Waals surface area contributed by atoms with Crippen LogP contribution in [0, 0.1) is 11.3 Å². The van der Waals surface area contributed by atoms with E-state index in [0.717, 1.165) is 10.0 Å². The lowest BCUT2D eigenvalue weighted by atomic mass is 9.53. The first-order valence-corrected chi connectivity index (χ1v) is 8.67. The second-order valence-corrected chi connectivity index (χ2v) is 7.59. The number of rotatable bonds is 2. The number of allylic oxidation sites excluding steroid dienone is 5. The third-order valence-corrected chi connectivity index (χ3v) is 5.83. The molecule has 124 valence electrons. The van der Waals surface area contributed by atoms with Crippen molar-refractivity contribution in [2.75, 3.05) is 0 Å². The van der Waals surface area contributed by atoms with Crippen molar-refractivity contribution in [2.45, 2.75) is 26.2 Å². The van der Waals surface area contributed by atoms with Gasteiger partial charge in [-0.2, -0.15) is 0 Å². The molecule has 0 heterocycles. The fourth-order valence-electron chi connectivity index (χ4n) is 4.13. The van der Waals surface area contributed by atoms with E-state index < -0.39 is 17.3 Å². The minimum Gasteiger partial charge on any atom is -0.508 e. The van der Waals surface area contributed by atoms with Gasteiger partial charge in [0.15, 0.2) is 11.6 Å². The van der Waals surface area contributed by atoms with Crippen LogP contribution < -0.4 is 0 Å². The van der Waals surface area contributed by atoms with Gasteiger partial charge in [-0.05, 0) is 48.8 Å². The lowest BCUT2D eigenvalue weighted by molar-refractivity contribution is -0.137. The summed E-state index contributed by atoms with van der Waals surface area (Å²) in [5.74, 6) is -0.769. The molecule has 1 aromatic carbocycles. The van der Waals surface area contributed by atoms with Gasteiger partial charge < -0.3 is 5.11 Å². The van der Waals surface area contributed by atoms with Gasteiger partial charge in [0, 0.05) is 21.9 Å². The lowest BCUT2D eigenvalue weighted by Gasteiger charge is -2.47. The number of ketones is 2. The molecule has 0 saturated carbocycles. The number of carbonyl (C=O) groups is 2. The van der Waals surface area contributed by atoms with Crippen LogP contribution in [0.15, 0.2) is 58.6 Å². The zero-order chi connectivity index (χ0) is 17.6. The molecular formula is C20H19BrO3. The molecule has 0 bridgehead atoms. The van der Waals surface area contributed by atoms with E-state index in [4.69, 9.17) is 0 Å². The molecule has 3 rings (SSSR count). The Morgan fingerprint density at radius 1 is 1.38 bits per heavy atom. The van der Waals surface area contributed by atoms with Crippen molar-refractivity contribution in [3.05, 3.63) is 64.2 Å². The van der Waals surface area contributed by atoms with Gasteiger partial charge in [0.25, 0.3) is 0 Å². The molecule has 1 aromatic rings. The lowest BCUT2D eigenvalue weighted by Crippen LogP contribution is -2.49. The number of hydrogen-bond donors (Lipinski definition) is 1. The summed E-state index contributed by atoms with van der Waals surface area (Å²) >= 11 is 3.43. The highest BCUT2D eigenvalue weighted by atomic mass is 79.9. The molecule has 0 fully saturated rings.